The number of rotatable bonds is 6. The second-order valence-electron chi connectivity index (χ2n) is 6.67. The second kappa shape index (κ2) is 8.83. The van der Waals surface area contributed by atoms with Crippen LogP contribution in [0.5, 0.6) is 0 Å². The van der Waals surface area contributed by atoms with Crippen LogP contribution in [0.1, 0.15) is 12.5 Å². The van der Waals surface area contributed by atoms with Crippen molar-refractivity contribution in [1.82, 2.24) is 4.90 Å². The fraction of sp³-hybridized carbons (Fsp3) is 0.381. The van der Waals surface area contributed by atoms with Crippen LogP contribution in [0.2, 0.25) is 0 Å². The van der Waals surface area contributed by atoms with Gasteiger partial charge in [-0.25, -0.2) is 0 Å². The Labute approximate surface area is 155 Å². The standard InChI is InChI=1S/C21H27N3O2/c1-17(21(25)22-19-9-4-3-5-10-19)23(2)16-18-8-6-7-11-20(18)24-12-14-26-15-13-24/h3-11,17H,12-16H2,1-2H3,(H,22,25). The highest BCUT2D eigenvalue weighted by atomic mass is 16.5. The van der Waals surface area contributed by atoms with Crippen molar-refractivity contribution in [3.63, 3.8) is 0 Å². The van der Waals surface area contributed by atoms with E-state index in [9.17, 15) is 4.79 Å². The van der Waals surface area contributed by atoms with Crippen molar-refractivity contribution >= 4 is 17.3 Å². The molecule has 1 amide bonds. The molecule has 3 rings (SSSR count). The van der Waals surface area contributed by atoms with Crippen molar-refractivity contribution in [2.75, 3.05) is 43.6 Å². The number of carbonyl (C=O) groups is 1. The first-order valence-electron chi connectivity index (χ1n) is 9.12. The molecule has 26 heavy (non-hydrogen) atoms. The summed E-state index contributed by atoms with van der Waals surface area (Å²) >= 11 is 0. The number of ether oxygens (including phenoxy) is 1. The Hall–Kier alpha value is -2.37. The molecule has 1 aliphatic rings. The zero-order chi connectivity index (χ0) is 18.4. The average Bonchev–Trinajstić information content (AvgIpc) is 2.69. The van der Waals surface area contributed by atoms with Crippen LogP contribution in [-0.2, 0) is 16.1 Å². The Bertz CT molecular complexity index is 714. The Morgan fingerprint density at radius 1 is 1.12 bits per heavy atom. The third-order valence-electron chi connectivity index (χ3n) is 4.85. The number of para-hydroxylation sites is 2. The number of anilines is 2. The summed E-state index contributed by atoms with van der Waals surface area (Å²) in [5.74, 6) is 0.00236. The molecule has 1 heterocycles. The zero-order valence-electron chi connectivity index (χ0n) is 15.5. The topological polar surface area (TPSA) is 44.8 Å². The van der Waals surface area contributed by atoms with Crippen molar-refractivity contribution in [3.8, 4) is 0 Å². The predicted octanol–water partition coefficient (Wildman–Crippen LogP) is 2.98. The lowest BCUT2D eigenvalue weighted by atomic mass is 10.1. The van der Waals surface area contributed by atoms with Gasteiger partial charge in [0.2, 0.25) is 5.91 Å². The molecule has 2 aromatic rings. The van der Waals surface area contributed by atoms with E-state index < -0.39 is 0 Å². The molecule has 1 fully saturated rings. The van der Waals surface area contributed by atoms with Gasteiger partial charge in [0.05, 0.1) is 19.3 Å². The summed E-state index contributed by atoms with van der Waals surface area (Å²) in [7, 11) is 1.99. The quantitative estimate of drug-likeness (QED) is 0.867. The van der Waals surface area contributed by atoms with Gasteiger partial charge < -0.3 is 15.0 Å². The number of benzene rings is 2. The Morgan fingerprint density at radius 2 is 1.77 bits per heavy atom. The summed E-state index contributed by atoms with van der Waals surface area (Å²) in [5.41, 5.74) is 3.29. The van der Waals surface area contributed by atoms with Crippen LogP contribution in [0, 0.1) is 0 Å². The number of amides is 1. The molecule has 138 valence electrons. The van der Waals surface area contributed by atoms with Crippen LogP contribution >= 0.6 is 0 Å². The van der Waals surface area contributed by atoms with Crippen molar-refractivity contribution in [2.45, 2.75) is 19.5 Å². The lowest BCUT2D eigenvalue weighted by molar-refractivity contribution is -0.120. The maximum atomic E-state index is 12.6. The highest BCUT2D eigenvalue weighted by molar-refractivity contribution is 5.94. The number of hydrogen-bond acceptors (Lipinski definition) is 4. The summed E-state index contributed by atoms with van der Waals surface area (Å²) in [6.07, 6.45) is 0. The molecule has 1 aliphatic heterocycles. The summed E-state index contributed by atoms with van der Waals surface area (Å²) in [4.78, 5) is 17.0. The summed E-state index contributed by atoms with van der Waals surface area (Å²) in [6, 6.07) is 17.8. The normalized spacial score (nSPS) is 15.7. The number of carbonyl (C=O) groups excluding carboxylic acids is 1. The van der Waals surface area contributed by atoms with Gasteiger partial charge in [-0.2, -0.15) is 0 Å². The van der Waals surface area contributed by atoms with Crippen molar-refractivity contribution in [1.29, 1.82) is 0 Å². The second-order valence-corrected chi connectivity index (χ2v) is 6.67. The number of hydrogen-bond donors (Lipinski definition) is 1. The highest BCUT2D eigenvalue weighted by Crippen LogP contribution is 2.23. The minimum Gasteiger partial charge on any atom is -0.378 e. The number of likely N-dealkylation sites (N-methyl/N-ethyl adjacent to an activating group) is 1. The van der Waals surface area contributed by atoms with E-state index in [1.807, 2.05) is 44.3 Å². The molecular weight excluding hydrogens is 326 g/mol. The first-order valence-corrected chi connectivity index (χ1v) is 9.12. The molecule has 1 saturated heterocycles. The molecule has 0 aliphatic carbocycles. The van der Waals surface area contributed by atoms with E-state index in [-0.39, 0.29) is 11.9 Å². The minimum absolute atomic E-state index is 0.00236. The lowest BCUT2D eigenvalue weighted by Gasteiger charge is -2.32. The van der Waals surface area contributed by atoms with Crippen LogP contribution in [-0.4, -0.2) is 50.2 Å². The molecule has 0 saturated carbocycles. The first-order chi connectivity index (χ1) is 12.6. The smallest absolute Gasteiger partial charge is 0.241 e. The highest BCUT2D eigenvalue weighted by Gasteiger charge is 2.21. The SMILES string of the molecule is CC(C(=O)Nc1ccccc1)N(C)Cc1ccccc1N1CCOCC1. The van der Waals surface area contributed by atoms with Crippen LogP contribution in [0.15, 0.2) is 54.6 Å². The van der Waals surface area contributed by atoms with Crippen molar-refractivity contribution in [3.05, 3.63) is 60.2 Å². The van der Waals surface area contributed by atoms with E-state index in [1.165, 1.54) is 11.3 Å². The van der Waals surface area contributed by atoms with Gasteiger partial charge in [-0.1, -0.05) is 36.4 Å². The monoisotopic (exact) mass is 353 g/mol. The molecule has 0 bridgehead atoms. The van der Waals surface area contributed by atoms with Gasteiger partial charge in [0.1, 0.15) is 0 Å². The van der Waals surface area contributed by atoms with E-state index in [1.54, 1.807) is 0 Å². The van der Waals surface area contributed by atoms with E-state index >= 15 is 0 Å². The van der Waals surface area contributed by atoms with Gasteiger partial charge in [0.25, 0.3) is 0 Å². The number of morpholine rings is 1. The van der Waals surface area contributed by atoms with Crippen LogP contribution in [0.25, 0.3) is 0 Å². The molecule has 5 nitrogen and oxygen atoms in total. The molecule has 1 unspecified atom stereocenters. The third kappa shape index (κ3) is 4.62. The fourth-order valence-corrected chi connectivity index (χ4v) is 3.13. The summed E-state index contributed by atoms with van der Waals surface area (Å²) in [6.45, 7) is 6.00. The Kier molecular flexibility index (Phi) is 6.26. The average molecular weight is 353 g/mol. The molecule has 0 spiro atoms. The van der Waals surface area contributed by atoms with Crippen molar-refractivity contribution in [2.24, 2.45) is 0 Å². The molecule has 2 aromatic carbocycles. The van der Waals surface area contributed by atoms with Gasteiger partial charge in [-0.3, -0.25) is 9.69 Å². The molecule has 1 N–H and O–H groups in total. The largest absolute Gasteiger partial charge is 0.378 e. The summed E-state index contributed by atoms with van der Waals surface area (Å²) in [5, 5.41) is 2.98. The number of nitrogens with zero attached hydrogens (tertiary/aromatic N) is 2. The van der Waals surface area contributed by atoms with Gasteiger partial charge in [0.15, 0.2) is 0 Å². The minimum atomic E-state index is -0.229. The lowest BCUT2D eigenvalue weighted by Crippen LogP contribution is -2.40. The maximum Gasteiger partial charge on any atom is 0.241 e. The molecule has 0 radical (unpaired) electrons. The van der Waals surface area contributed by atoms with Crippen molar-refractivity contribution < 1.29 is 9.53 Å². The zero-order valence-corrected chi connectivity index (χ0v) is 15.5. The third-order valence-corrected chi connectivity index (χ3v) is 4.85. The molecule has 5 heteroatoms. The van der Waals surface area contributed by atoms with Crippen LogP contribution in [0.3, 0.4) is 0 Å². The van der Waals surface area contributed by atoms with E-state index in [2.05, 4.69) is 39.4 Å². The van der Waals surface area contributed by atoms with Gasteiger partial charge in [-0.05, 0) is 37.7 Å². The summed E-state index contributed by atoms with van der Waals surface area (Å²) < 4.78 is 5.46. The molecule has 1 atom stereocenters. The maximum absolute atomic E-state index is 12.6. The Balaban J connectivity index is 1.65. The van der Waals surface area contributed by atoms with Crippen LogP contribution in [0.4, 0.5) is 11.4 Å². The first kappa shape index (κ1) is 18.4. The molecular formula is C21H27N3O2. The number of nitrogens with one attached hydrogen (secondary N) is 1. The van der Waals surface area contributed by atoms with E-state index in [4.69, 9.17) is 4.74 Å². The Morgan fingerprint density at radius 3 is 2.50 bits per heavy atom. The van der Waals surface area contributed by atoms with E-state index in [0.717, 1.165) is 38.5 Å². The predicted molar refractivity (Wildman–Crippen MR) is 105 cm³/mol. The molecule has 0 aromatic heterocycles. The fourth-order valence-electron chi connectivity index (χ4n) is 3.13. The van der Waals surface area contributed by atoms with Gasteiger partial charge >= 0.3 is 0 Å². The van der Waals surface area contributed by atoms with Gasteiger partial charge in [-0.15, -0.1) is 0 Å². The van der Waals surface area contributed by atoms with E-state index in [0.29, 0.717) is 0 Å². The van der Waals surface area contributed by atoms with Gasteiger partial charge in [0, 0.05) is 31.0 Å². The van der Waals surface area contributed by atoms with Crippen LogP contribution < -0.4 is 10.2 Å².